The number of hydrazone groups is 1. The highest BCUT2D eigenvalue weighted by molar-refractivity contribution is 7.17. The maximum Gasteiger partial charge on any atom is 0.204 e. The maximum absolute atomic E-state index is 6.19. The Labute approximate surface area is 158 Å². The Morgan fingerprint density at radius 3 is 2.80 bits per heavy atom. The lowest BCUT2D eigenvalue weighted by Crippen LogP contribution is -1.95. The van der Waals surface area contributed by atoms with Crippen molar-refractivity contribution in [2.75, 3.05) is 19.6 Å². The zero-order valence-electron chi connectivity index (χ0n) is 13.9. The quantitative estimate of drug-likeness (QED) is 0.456. The number of ether oxygens (including phenoxy) is 2. The molecule has 1 N–H and O–H groups in total. The molecule has 1 aromatic carbocycles. The molecule has 0 amide bonds. The molecule has 0 atom stereocenters. The molecule has 5 nitrogen and oxygen atoms in total. The summed E-state index contributed by atoms with van der Waals surface area (Å²) in [7, 11) is 3.12. The summed E-state index contributed by atoms with van der Waals surface area (Å²) in [5, 5.41) is 7.49. The number of methoxy groups -OCH3 is 2. The van der Waals surface area contributed by atoms with Crippen molar-refractivity contribution in [2.24, 2.45) is 5.10 Å². The second kappa shape index (κ2) is 7.86. The molecule has 0 aliphatic heterocycles. The molecule has 130 valence electrons. The minimum atomic E-state index is 0.466. The number of halogens is 1. The van der Waals surface area contributed by atoms with Crippen LogP contribution in [0.25, 0.3) is 10.6 Å². The Morgan fingerprint density at radius 1 is 1.28 bits per heavy atom. The van der Waals surface area contributed by atoms with Crippen molar-refractivity contribution < 1.29 is 9.47 Å². The van der Waals surface area contributed by atoms with Crippen molar-refractivity contribution in [3.05, 3.63) is 45.1 Å². The molecule has 2 heterocycles. The van der Waals surface area contributed by atoms with E-state index in [2.05, 4.69) is 28.5 Å². The van der Waals surface area contributed by atoms with E-state index in [9.17, 15) is 0 Å². The number of hydrogen-bond acceptors (Lipinski definition) is 7. The Morgan fingerprint density at radius 2 is 2.12 bits per heavy atom. The van der Waals surface area contributed by atoms with Gasteiger partial charge in [-0.05, 0) is 36.1 Å². The topological polar surface area (TPSA) is 55.7 Å². The number of benzene rings is 1. The van der Waals surface area contributed by atoms with Gasteiger partial charge in [-0.25, -0.2) is 4.98 Å². The molecule has 0 aliphatic carbocycles. The Bertz CT molecular complexity index is 892. The lowest BCUT2D eigenvalue weighted by atomic mass is 10.2. The highest BCUT2D eigenvalue weighted by Gasteiger charge is 2.11. The number of aryl methyl sites for hydroxylation is 1. The monoisotopic (exact) mass is 393 g/mol. The average molecular weight is 394 g/mol. The molecule has 0 radical (unpaired) electrons. The number of nitrogens with one attached hydrogen (secondary N) is 1. The van der Waals surface area contributed by atoms with Crippen molar-refractivity contribution in [1.82, 2.24) is 4.98 Å². The third-order valence-corrected chi connectivity index (χ3v) is 5.41. The number of nitrogens with zero attached hydrogens (tertiary/aromatic N) is 2. The van der Waals surface area contributed by atoms with Gasteiger partial charge < -0.3 is 9.47 Å². The number of hydrogen-bond donors (Lipinski definition) is 1. The lowest BCUT2D eigenvalue weighted by Gasteiger charge is -2.09. The summed E-state index contributed by atoms with van der Waals surface area (Å²) in [4.78, 5) is 6.89. The summed E-state index contributed by atoms with van der Waals surface area (Å²) in [6, 6.07) is 7.65. The fraction of sp³-hybridized carbons (Fsp3) is 0.176. The molecule has 3 rings (SSSR count). The second-order valence-corrected chi connectivity index (χ2v) is 7.57. The molecule has 3 aromatic rings. The van der Waals surface area contributed by atoms with Crippen molar-refractivity contribution in [3.63, 3.8) is 0 Å². The minimum absolute atomic E-state index is 0.466. The van der Waals surface area contributed by atoms with E-state index in [-0.39, 0.29) is 0 Å². The first-order valence-corrected chi connectivity index (χ1v) is 9.41. The first-order chi connectivity index (χ1) is 12.1. The number of thiazole rings is 1. The third-order valence-electron chi connectivity index (χ3n) is 3.38. The standard InChI is InChI=1S/C17H16ClN3O2S2/c1-10-15(14-5-4-6-24-14)20-17(25-10)21-19-9-11-7-12(18)16(23-3)13(8-11)22-2/h4-9H,1-3H3,(H,20,21)/b19-9-. The van der Waals surface area contributed by atoms with Gasteiger partial charge in [0.15, 0.2) is 11.5 Å². The van der Waals surface area contributed by atoms with Crippen LogP contribution in [0.3, 0.4) is 0 Å². The number of aromatic nitrogens is 1. The lowest BCUT2D eigenvalue weighted by molar-refractivity contribution is 0.355. The largest absolute Gasteiger partial charge is 0.493 e. The fourth-order valence-corrected chi connectivity index (χ4v) is 4.17. The van der Waals surface area contributed by atoms with Gasteiger partial charge in [0.25, 0.3) is 0 Å². The van der Waals surface area contributed by atoms with Gasteiger partial charge in [-0.15, -0.1) is 22.7 Å². The highest BCUT2D eigenvalue weighted by Crippen LogP contribution is 2.36. The van der Waals surface area contributed by atoms with E-state index in [1.807, 2.05) is 11.4 Å². The SMILES string of the molecule is COc1cc(/C=N\Nc2nc(-c3cccs3)c(C)s2)cc(Cl)c1OC. The van der Waals surface area contributed by atoms with Crippen LogP contribution in [0.15, 0.2) is 34.7 Å². The molecule has 0 saturated carbocycles. The maximum atomic E-state index is 6.19. The van der Waals surface area contributed by atoms with Crippen LogP contribution in [-0.2, 0) is 0 Å². The van der Waals surface area contributed by atoms with Crippen LogP contribution in [0.1, 0.15) is 10.4 Å². The molecule has 0 fully saturated rings. The van der Waals surface area contributed by atoms with Crippen LogP contribution >= 0.6 is 34.3 Å². The predicted molar refractivity (Wildman–Crippen MR) is 106 cm³/mol. The van der Waals surface area contributed by atoms with E-state index in [1.54, 1.807) is 55.2 Å². The van der Waals surface area contributed by atoms with E-state index >= 15 is 0 Å². The van der Waals surface area contributed by atoms with E-state index in [4.69, 9.17) is 21.1 Å². The van der Waals surface area contributed by atoms with Crippen LogP contribution in [0.5, 0.6) is 11.5 Å². The first kappa shape index (κ1) is 17.7. The molecule has 0 spiro atoms. The number of thiophene rings is 1. The molecular weight excluding hydrogens is 378 g/mol. The first-order valence-electron chi connectivity index (χ1n) is 7.34. The zero-order chi connectivity index (χ0) is 17.8. The Balaban J connectivity index is 1.76. The molecule has 0 saturated heterocycles. The summed E-state index contributed by atoms with van der Waals surface area (Å²) in [5.41, 5.74) is 4.75. The summed E-state index contributed by atoms with van der Waals surface area (Å²) in [6.45, 7) is 2.05. The molecule has 0 unspecified atom stereocenters. The van der Waals surface area contributed by atoms with Crippen molar-refractivity contribution in [2.45, 2.75) is 6.92 Å². The Hall–Kier alpha value is -2.09. The molecule has 25 heavy (non-hydrogen) atoms. The van der Waals surface area contributed by atoms with E-state index in [0.717, 1.165) is 26.1 Å². The third kappa shape index (κ3) is 3.95. The van der Waals surface area contributed by atoms with Gasteiger partial charge in [-0.3, -0.25) is 5.43 Å². The van der Waals surface area contributed by atoms with Gasteiger partial charge in [-0.2, -0.15) is 5.10 Å². The van der Waals surface area contributed by atoms with Crippen LogP contribution < -0.4 is 14.9 Å². The average Bonchev–Trinajstić information content (AvgIpc) is 3.23. The van der Waals surface area contributed by atoms with Gasteiger partial charge in [0.2, 0.25) is 5.13 Å². The van der Waals surface area contributed by atoms with Crippen LogP contribution in [0.2, 0.25) is 5.02 Å². The van der Waals surface area contributed by atoms with Gasteiger partial charge in [0.05, 0.1) is 36.0 Å². The van der Waals surface area contributed by atoms with Crippen LogP contribution in [0.4, 0.5) is 5.13 Å². The summed E-state index contributed by atoms with van der Waals surface area (Å²) in [5.74, 6) is 1.06. The van der Waals surface area contributed by atoms with E-state index in [1.165, 1.54) is 0 Å². The highest BCUT2D eigenvalue weighted by atomic mass is 35.5. The minimum Gasteiger partial charge on any atom is -0.493 e. The van der Waals surface area contributed by atoms with Gasteiger partial charge in [-0.1, -0.05) is 17.7 Å². The predicted octanol–water partition coefficient (Wildman–Crippen LogP) is 5.30. The fourth-order valence-electron chi connectivity index (χ4n) is 2.26. The summed E-state index contributed by atoms with van der Waals surface area (Å²) in [6.07, 6.45) is 1.66. The van der Waals surface area contributed by atoms with E-state index < -0.39 is 0 Å². The smallest absolute Gasteiger partial charge is 0.204 e. The number of rotatable bonds is 6. The van der Waals surface area contributed by atoms with Crippen molar-refractivity contribution in [3.8, 4) is 22.1 Å². The van der Waals surface area contributed by atoms with E-state index in [0.29, 0.717) is 16.5 Å². The summed E-state index contributed by atoms with van der Waals surface area (Å²) >= 11 is 9.43. The molecule has 0 bridgehead atoms. The molecular formula is C17H16ClN3O2S2. The van der Waals surface area contributed by atoms with Crippen molar-refractivity contribution >= 4 is 45.6 Å². The second-order valence-electron chi connectivity index (χ2n) is 5.01. The van der Waals surface area contributed by atoms with Gasteiger partial charge in [0, 0.05) is 4.88 Å². The molecule has 0 aliphatic rings. The van der Waals surface area contributed by atoms with Crippen LogP contribution in [0, 0.1) is 6.92 Å². The Kier molecular flexibility index (Phi) is 5.57. The van der Waals surface area contributed by atoms with Crippen molar-refractivity contribution in [1.29, 1.82) is 0 Å². The van der Waals surface area contributed by atoms with Gasteiger partial charge in [0.1, 0.15) is 0 Å². The normalized spacial score (nSPS) is 11.0. The van der Waals surface area contributed by atoms with Crippen LogP contribution in [-0.4, -0.2) is 25.4 Å². The summed E-state index contributed by atoms with van der Waals surface area (Å²) < 4.78 is 10.5. The molecule has 8 heteroatoms. The number of anilines is 1. The van der Waals surface area contributed by atoms with Gasteiger partial charge >= 0.3 is 0 Å². The molecule has 2 aromatic heterocycles. The zero-order valence-corrected chi connectivity index (χ0v) is 16.3.